The Morgan fingerprint density at radius 2 is 2.46 bits per heavy atom. The summed E-state index contributed by atoms with van der Waals surface area (Å²) in [6, 6.07) is 1.40. The van der Waals surface area contributed by atoms with Gasteiger partial charge < -0.3 is 14.8 Å². The Morgan fingerprint density at radius 3 is 2.92 bits per heavy atom. The molecule has 0 aliphatic heterocycles. The first kappa shape index (κ1) is 9.64. The van der Waals surface area contributed by atoms with Crippen LogP contribution in [-0.4, -0.2) is 17.1 Å². The van der Waals surface area contributed by atoms with Gasteiger partial charge in [0, 0.05) is 12.1 Å². The van der Waals surface area contributed by atoms with Gasteiger partial charge in [0.15, 0.2) is 11.5 Å². The molecule has 0 radical (unpaired) electrons. The summed E-state index contributed by atoms with van der Waals surface area (Å²) < 4.78 is 4.81. The van der Waals surface area contributed by atoms with Gasteiger partial charge >= 0.3 is 0 Å². The van der Waals surface area contributed by atoms with Crippen molar-refractivity contribution in [3.8, 4) is 5.75 Å². The molecule has 1 rings (SSSR count). The molecular weight excluding hydrogens is 170 g/mol. The maximum Gasteiger partial charge on any atom is 0.287 e. The number of aromatic hydroxyl groups is 1. The molecule has 1 unspecified atom stereocenters. The lowest BCUT2D eigenvalue weighted by Gasteiger charge is -2.08. The van der Waals surface area contributed by atoms with Gasteiger partial charge in [0.1, 0.15) is 6.26 Å². The van der Waals surface area contributed by atoms with Crippen molar-refractivity contribution < 1.29 is 14.3 Å². The minimum Gasteiger partial charge on any atom is -0.505 e. The Labute approximate surface area is 76.6 Å². The monoisotopic (exact) mass is 183 g/mol. The number of carbonyl (C=O) groups excluding carboxylic acids is 1. The lowest BCUT2D eigenvalue weighted by molar-refractivity contribution is 0.0911. The fourth-order valence-corrected chi connectivity index (χ4v) is 0.842. The van der Waals surface area contributed by atoms with Crippen molar-refractivity contribution in [1.82, 2.24) is 5.32 Å². The normalized spacial score (nSPS) is 12.5. The number of nitrogens with one attached hydrogen (secondary N) is 1. The second-order valence-electron chi connectivity index (χ2n) is 2.95. The summed E-state index contributed by atoms with van der Waals surface area (Å²) in [5, 5.41) is 11.6. The van der Waals surface area contributed by atoms with Crippen LogP contribution in [0.2, 0.25) is 0 Å². The van der Waals surface area contributed by atoms with Crippen LogP contribution in [0.3, 0.4) is 0 Å². The quantitative estimate of drug-likeness (QED) is 0.746. The predicted octanol–water partition coefficient (Wildman–Crippen LogP) is 1.51. The van der Waals surface area contributed by atoms with Crippen molar-refractivity contribution in [2.24, 2.45) is 0 Å². The van der Waals surface area contributed by atoms with E-state index in [1.807, 2.05) is 13.8 Å². The highest BCUT2D eigenvalue weighted by atomic mass is 16.4. The minimum absolute atomic E-state index is 0.0331. The number of hydrogen-bond acceptors (Lipinski definition) is 3. The zero-order chi connectivity index (χ0) is 9.84. The maximum atomic E-state index is 11.3. The molecule has 1 amide bonds. The van der Waals surface area contributed by atoms with Gasteiger partial charge in [-0.2, -0.15) is 0 Å². The van der Waals surface area contributed by atoms with E-state index in [0.29, 0.717) is 0 Å². The summed E-state index contributed by atoms with van der Waals surface area (Å²) in [5.41, 5.74) is 0. The van der Waals surface area contributed by atoms with E-state index in [1.54, 1.807) is 0 Å². The molecule has 0 aliphatic carbocycles. The van der Waals surface area contributed by atoms with Crippen LogP contribution in [0.4, 0.5) is 0 Å². The fraction of sp³-hybridized carbons (Fsp3) is 0.444. The average Bonchev–Trinajstić information content (AvgIpc) is 2.51. The molecule has 1 aromatic heterocycles. The first-order valence-electron chi connectivity index (χ1n) is 4.21. The largest absolute Gasteiger partial charge is 0.505 e. The highest BCUT2D eigenvalue weighted by Gasteiger charge is 2.12. The third-order valence-electron chi connectivity index (χ3n) is 1.80. The van der Waals surface area contributed by atoms with Gasteiger partial charge in [-0.3, -0.25) is 4.79 Å². The third kappa shape index (κ3) is 2.50. The Hall–Kier alpha value is -1.45. The maximum absolute atomic E-state index is 11.3. The third-order valence-corrected chi connectivity index (χ3v) is 1.80. The zero-order valence-electron chi connectivity index (χ0n) is 7.70. The number of carbonyl (C=O) groups is 1. The smallest absolute Gasteiger partial charge is 0.287 e. The topological polar surface area (TPSA) is 62.5 Å². The van der Waals surface area contributed by atoms with Gasteiger partial charge in [0.25, 0.3) is 5.91 Å². The van der Waals surface area contributed by atoms with E-state index in [4.69, 9.17) is 9.52 Å². The van der Waals surface area contributed by atoms with Crippen LogP contribution in [0, 0.1) is 0 Å². The van der Waals surface area contributed by atoms with Gasteiger partial charge in [-0.05, 0) is 13.3 Å². The van der Waals surface area contributed by atoms with Crippen LogP contribution in [0.25, 0.3) is 0 Å². The fourth-order valence-electron chi connectivity index (χ4n) is 0.842. The molecule has 0 aromatic carbocycles. The molecule has 72 valence electrons. The summed E-state index contributed by atoms with van der Waals surface area (Å²) >= 11 is 0. The Kier molecular flexibility index (Phi) is 2.95. The average molecular weight is 183 g/mol. The highest BCUT2D eigenvalue weighted by Crippen LogP contribution is 2.13. The molecule has 0 aliphatic rings. The van der Waals surface area contributed by atoms with Crippen molar-refractivity contribution in [2.45, 2.75) is 26.3 Å². The Balaban J connectivity index is 2.58. The predicted molar refractivity (Wildman–Crippen MR) is 47.6 cm³/mol. The molecule has 0 bridgehead atoms. The summed E-state index contributed by atoms with van der Waals surface area (Å²) in [5.74, 6) is -0.193. The van der Waals surface area contributed by atoms with Crippen molar-refractivity contribution >= 4 is 5.91 Å². The molecule has 4 nitrogen and oxygen atoms in total. The van der Waals surface area contributed by atoms with Gasteiger partial charge in [-0.15, -0.1) is 0 Å². The second-order valence-corrected chi connectivity index (χ2v) is 2.95. The molecular formula is C9H13NO3. The first-order valence-corrected chi connectivity index (χ1v) is 4.21. The highest BCUT2D eigenvalue weighted by molar-refractivity contribution is 5.91. The van der Waals surface area contributed by atoms with Crippen LogP contribution >= 0.6 is 0 Å². The van der Waals surface area contributed by atoms with Crippen molar-refractivity contribution in [3.63, 3.8) is 0 Å². The summed E-state index contributed by atoms with van der Waals surface area (Å²) in [7, 11) is 0. The first-order chi connectivity index (χ1) is 6.13. The molecule has 0 saturated carbocycles. The molecule has 0 saturated heterocycles. The van der Waals surface area contributed by atoms with E-state index in [0.717, 1.165) is 12.7 Å². The zero-order valence-corrected chi connectivity index (χ0v) is 7.70. The van der Waals surface area contributed by atoms with Crippen LogP contribution in [-0.2, 0) is 0 Å². The molecule has 13 heavy (non-hydrogen) atoms. The van der Waals surface area contributed by atoms with Crippen molar-refractivity contribution in [1.29, 1.82) is 0 Å². The summed E-state index contributed by atoms with van der Waals surface area (Å²) in [4.78, 5) is 11.3. The lowest BCUT2D eigenvalue weighted by Crippen LogP contribution is -2.31. The van der Waals surface area contributed by atoms with Gasteiger partial charge in [-0.25, -0.2) is 0 Å². The van der Waals surface area contributed by atoms with Gasteiger partial charge in [-0.1, -0.05) is 6.92 Å². The minimum atomic E-state index is -0.297. The summed E-state index contributed by atoms with van der Waals surface area (Å²) in [6.07, 6.45) is 1.99. The molecule has 0 fully saturated rings. The standard InChI is InChI=1S/C9H13NO3/c1-3-6(2)10-9(12)8-4-7(11)5-13-8/h4-6,11H,3H2,1-2H3,(H,10,12). The molecule has 1 heterocycles. The molecule has 0 spiro atoms. The number of rotatable bonds is 3. The Morgan fingerprint density at radius 1 is 1.77 bits per heavy atom. The van der Waals surface area contributed by atoms with Crippen LogP contribution in [0.5, 0.6) is 5.75 Å². The second kappa shape index (κ2) is 3.98. The van der Waals surface area contributed by atoms with E-state index in [1.165, 1.54) is 6.07 Å². The number of hydrogen-bond donors (Lipinski definition) is 2. The van der Waals surface area contributed by atoms with Crippen molar-refractivity contribution in [2.75, 3.05) is 0 Å². The number of amides is 1. The lowest BCUT2D eigenvalue weighted by atomic mass is 10.2. The molecule has 1 atom stereocenters. The molecule has 2 N–H and O–H groups in total. The van der Waals surface area contributed by atoms with E-state index in [2.05, 4.69) is 5.32 Å². The molecule has 4 heteroatoms. The van der Waals surface area contributed by atoms with Gasteiger partial charge in [0.05, 0.1) is 0 Å². The van der Waals surface area contributed by atoms with E-state index in [-0.39, 0.29) is 23.5 Å². The van der Waals surface area contributed by atoms with Crippen LogP contribution < -0.4 is 5.32 Å². The summed E-state index contributed by atoms with van der Waals surface area (Å²) in [6.45, 7) is 3.88. The SMILES string of the molecule is CCC(C)NC(=O)c1cc(O)co1. The van der Waals surface area contributed by atoms with Gasteiger partial charge in [0.2, 0.25) is 0 Å². The van der Waals surface area contributed by atoms with Crippen LogP contribution in [0.1, 0.15) is 30.8 Å². The van der Waals surface area contributed by atoms with E-state index < -0.39 is 0 Å². The molecule has 1 aromatic rings. The van der Waals surface area contributed by atoms with Crippen LogP contribution in [0.15, 0.2) is 16.7 Å². The van der Waals surface area contributed by atoms with E-state index in [9.17, 15) is 4.79 Å². The Bertz CT molecular complexity index is 293. The van der Waals surface area contributed by atoms with E-state index >= 15 is 0 Å². The number of furan rings is 1. The van der Waals surface area contributed by atoms with Crippen molar-refractivity contribution in [3.05, 3.63) is 18.1 Å².